The van der Waals surface area contributed by atoms with Crippen molar-refractivity contribution >= 4 is 6.09 Å². The van der Waals surface area contributed by atoms with Crippen molar-refractivity contribution in [1.29, 1.82) is 0 Å². The van der Waals surface area contributed by atoms with Gasteiger partial charge in [-0.3, -0.25) is 4.90 Å². The lowest BCUT2D eigenvalue weighted by Crippen LogP contribution is -2.47. The summed E-state index contributed by atoms with van der Waals surface area (Å²) < 4.78 is 44.3. The Morgan fingerprint density at radius 1 is 1.41 bits per heavy atom. The molecule has 1 aromatic rings. The van der Waals surface area contributed by atoms with Gasteiger partial charge in [-0.1, -0.05) is 37.3 Å². The highest BCUT2D eigenvalue weighted by atomic mass is 19.4. The van der Waals surface area contributed by atoms with Crippen LogP contribution in [0, 0.1) is 5.92 Å². The van der Waals surface area contributed by atoms with E-state index in [4.69, 9.17) is 10.5 Å². The molecule has 0 radical (unpaired) electrons. The Labute approximate surface area is 127 Å². The van der Waals surface area contributed by atoms with Gasteiger partial charge in [-0.2, -0.15) is 13.2 Å². The van der Waals surface area contributed by atoms with Gasteiger partial charge in [-0.25, -0.2) is 4.79 Å². The number of alkyl halides is 3. The molecule has 1 heterocycles. The number of benzene rings is 1. The molecule has 0 bridgehead atoms. The zero-order chi connectivity index (χ0) is 16.3. The first-order chi connectivity index (χ1) is 10.3. The van der Waals surface area contributed by atoms with Crippen molar-refractivity contribution in [2.45, 2.75) is 38.2 Å². The van der Waals surface area contributed by atoms with E-state index in [1.165, 1.54) is 0 Å². The van der Waals surface area contributed by atoms with Gasteiger partial charge in [-0.15, -0.1) is 0 Å². The van der Waals surface area contributed by atoms with E-state index < -0.39 is 30.3 Å². The predicted octanol–water partition coefficient (Wildman–Crippen LogP) is 2.92. The van der Waals surface area contributed by atoms with E-state index >= 15 is 0 Å². The first-order valence-electron chi connectivity index (χ1n) is 7.10. The Morgan fingerprint density at radius 3 is 2.59 bits per heavy atom. The first-order valence-corrected chi connectivity index (χ1v) is 7.10. The minimum absolute atomic E-state index is 0.348. The second kappa shape index (κ2) is 6.56. The van der Waals surface area contributed by atoms with Crippen molar-refractivity contribution < 1.29 is 22.7 Å². The fraction of sp³-hybridized carbons (Fsp3) is 0.533. The third kappa shape index (κ3) is 3.91. The molecule has 22 heavy (non-hydrogen) atoms. The summed E-state index contributed by atoms with van der Waals surface area (Å²) >= 11 is 0. The molecule has 122 valence electrons. The summed E-state index contributed by atoms with van der Waals surface area (Å²) in [6.45, 7) is 1.92. The number of carbonyl (C=O) groups excluding carboxylic acids is 1. The Bertz CT molecular complexity index is 507. The normalized spacial score (nSPS) is 24.2. The summed E-state index contributed by atoms with van der Waals surface area (Å²) in [6.07, 6.45) is -5.88. The van der Waals surface area contributed by atoms with Crippen LogP contribution in [0.4, 0.5) is 18.0 Å². The van der Waals surface area contributed by atoms with E-state index in [-0.39, 0.29) is 0 Å². The number of likely N-dealkylation sites (tertiary alicyclic amines) is 1. The third-order valence-electron chi connectivity index (χ3n) is 4.03. The number of ether oxygens (including phenoxy) is 1. The SMILES string of the molecule is CC([C@H]1[C@@H](OC(N)=O)CCN1Cc1ccccc1)C(F)(F)F. The van der Waals surface area contributed by atoms with Gasteiger partial charge in [0.25, 0.3) is 0 Å². The number of carbonyl (C=O) groups is 1. The molecular weight excluding hydrogens is 297 g/mol. The summed E-state index contributed by atoms with van der Waals surface area (Å²) in [4.78, 5) is 12.6. The zero-order valence-electron chi connectivity index (χ0n) is 12.2. The second-order valence-corrected chi connectivity index (χ2v) is 5.54. The molecule has 0 aliphatic carbocycles. The van der Waals surface area contributed by atoms with E-state index in [9.17, 15) is 18.0 Å². The van der Waals surface area contributed by atoms with Crippen LogP contribution in [-0.2, 0) is 11.3 Å². The predicted molar refractivity (Wildman–Crippen MR) is 74.9 cm³/mol. The molecule has 1 unspecified atom stereocenters. The smallest absolute Gasteiger partial charge is 0.404 e. The minimum Gasteiger partial charge on any atom is -0.445 e. The van der Waals surface area contributed by atoms with Crippen LogP contribution >= 0.6 is 0 Å². The summed E-state index contributed by atoms with van der Waals surface area (Å²) in [5.41, 5.74) is 5.90. The monoisotopic (exact) mass is 316 g/mol. The average Bonchev–Trinajstić information content (AvgIpc) is 2.79. The second-order valence-electron chi connectivity index (χ2n) is 5.54. The summed E-state index contributed by atoms with van der Waals surface area (Å²) in [5.74, 6) is -1.61. The molecule has 0 spiro atoms. The number of rotatable bonds is 4. The molecule has 3 atom stereocenters. The molecule has 1 aromatic carbocycles. The van der Waals surface area contributed by atoms with Crippen LogP contribution < -0.4 is 5.73 Å². The zero-order valence-corrected chi connectivity index (χ0v) is 12.2. The van der Waals surface area contributed by atoms with E-state index in [2.05, 4.69) is 0 Å². The van der Waals surface area contributed by atoms with Crippen molar-refractivity contribution in [3.8, 4) is 0 Å². The van der Waals surface area contributed by atoms with E-state index in [0.717, 1.165) is 12.5 Å². The molecule has 1 amide bonds. The van der Waals surface area contributed by atoms with Crippen molar-refractivity contribution in [3.05, 3.63) is 35.9 Å². The van der Waals surface area contributed by atoms with Gasteiger partial charge in [0.2, 0.25) is 0 Å². The third-order valence-corrected chi connectivity index (χ3v) is 4.03. The summed E-state index contributed by atoms with van der Waals surface area (Å²) in [6, 6.07) is 8.32. The maximum absolute atomic E-state index is 13.1. The lowest BCUT2D eigenvalue weighted by atomic mass is 9.96. The van der Waals surface area contributed by atoms with E-state index in [1.807, 2.05) is 30.3 Å². The van der Waals surface area contributed by atoms with Gasteiger partial charge in [0.1, 0.15) is 6.10 Å². The van der Waals surface area contributed by atoms with Crippen molar-refractivity contribution in [2.75, 3.05) is 6.54 Å². The number of nitrogens with two attached hydrogens (primary N) is 1. The fourth-order valence-electron chi connectivity index (χ4n) is 2.96. The number of amides is 1. The number of hydrogen-bond acceptors (Lipinski definition) is 3. The van der Waals surface area contributed by atoms with Gasteiger partial charge < -0.3 is 10.5 Å². The standard InChI is InChI=1S/C15H19F3N2O2/c1-10(15(16,17)18)13-12(22-14(19)21)7-8-20(13)9-11-5-3-2-4-6-11/h2-6,10,12-13H,7-9H2,1H3,(H2,19,21)/t10?,12-,13-/m0/s1. The Kier molecular flexibility index (Phi) is 4.95. The molecule has 4 nitrogen and oxygen atoms in total. The molecule has 1 saturated heterocycles. The molecule has 7 heteroatoms. The van der Waals surface area contributed by atoms with Crippen LogP contribution in [0.2, 0.25) is 0 Å². The largest absolute Gasteiger partial charge is 0.445 e. The highest BCUT2D eigenvalue weighted by molar-refractivity contribution is 5.64. The van der Waals surface area contributed by atoms with Crippen molar-refractivity contribution in [3.63, 3.8) is 0 Å². The fourth-order valence-corrected chi connectivity index (χ4v) is 2.96. The van der Waals surface area contributed by atoms with Crippen LogP contribution in [0.3, 0.4) is 0 Å². The molecule has 2 N–H and O–H groups in total. The highest BCUT2D eigenvalue weighted by Gasteiger charge is 2.50. The van der Waals surface area contributed by atoms with Crippen LogP contribution in [0.1, 0.15) is 18.9 Å². The molecule has 0 saturated carbocycles. The Balaban J connectivity index is 2.18. The molecule has 1 aliphatic heterocycles. The number of nitrogens with zero attached hydrogens (tertiary/aromatic N) is 1. The average molecular weight is 316 g/mol. The van der Waals surface area contributed by atoms with Crippen LogP contribution in [0.5, 0.6) is 0 Å². The van der Waals surface area contributed by atoms with E-state index in [0.29, 0.717) is 19.5 Å². The number of halogens is 3. The molecule has 2 rings (SSSR count). The summed E-state index contributed by atoms with van der Waals surface area (Å²) in [7, 11) is 0. The van der Waals surface area contributed by atoms with Gasteiger partial charge >= 0.3 is 12.3 Å². The number of primary amides is 1. The molecular formula is C15H19F3N2O2. The van der Waals surface area contributed by atoms with Crippen LogP contribution in [0.25, 0.3) is 0 Å². The number of hydrogen-bond donors (Lipinski definition) is 1. The van der Waals surface area contributed by atoms with Gasteiger partial charge in [0, 0.05) is 13.1 Å². The van der Waals surface area contributed by atoms with Crippen molar-refractivity contribution in [1.82, 2.24) is 4.90 Å². The maximum Gasteiger partial charge on any atom is 0.404 e. The van der Waals surface area contributed by atoms with Crippen LogP contribution in [0.15, 0.2) is 30.3 Å². The quantitative estimate of drug-likeness (QED) is 0.929. The van der Waals surface area contributed by atoms with Crippen LogP contribution in [-0.4, -0.2) is 35.9 Å². The minimum atomic E-state index is -4.36. The Morgan fingerprint density at radius 2 is 2.05 bits per heavy atom. The van der Waals surface area contributed by atoms with Gasteiger partial charge in [0.15, 0.2) is 0 Å². The highest BCUT2D eigenvalue weighted by Crippen LogP contribution is 2.37. The summed E-state index contributed by atoms with van der Waals surface area (Å²) in [5, 5.41) is 0. The molecule has 1 aliphatic rings. The molecule has 0 aromatic heterocycles. The Hall–Kier alpha value is -1.76. The lowest BCUT2D eigenvalue weighted by Gasteiger charge is -2.33. The molecule has 1 fully saturated rings. The first kappa shape index (κ1) is 16.6. The maximum atomic E-state index is 13.1. The lowest BCUT2D eigenvalue weighted by molar-refractivity contribution is -0.191. The van der Waals surface area contributed by atoms with Gasteiger partial charge in [0.05, 0.1) is 12.0 Å². The van der Waals surface area contributed by atoms with E-state index in [1.54, 1.807) is 4.90 Å². The van der Waals surface area contributed by atoms with Crippen molar-refractivity contribution in [2.24, 2.45) is 11.7 Å². The topological polar surface area (TPSA) is 55.6 Å². The van der Waals surface area contributed by atoms with Gasteiger partial charge in [-0.05, 0) is 12.0 Å².